The van der Waals surface area contributed by atoms with E-state index in [2.05, 4.69) is 31.7 Å². The number of fused-ring (bicyclic) bond motifs is 1. The van der Waals surface area contributed by atoms with Gasteiger partial charge in [-0.1, -0.05) is 33.8 Å². The molecule has 6 atom stereocenters. The van der Waals surface area contributed by atoms with Gasteiger partial charge >= 0.3 is 0 Å². The molecule has 1 aromatic heterocycles. The van der Waals surface area contributed by atoms with Crippen molar-refractivity contribution >= 4 is 51.8 Å². The molecule has 2 aromatic rings. The predicted molar refractivity (Wildman–Crippen MR) is 186 cm³/mol. The van der Waals surface area contributed by atoms with E-state index in [9.17, 15) is 53.6 Å². The van der Waals surface area contributed by atoms with E-state index in [0.29, 0.717) is 17.6 Å². The fourth-order valence-electron chi connectivity index (χ4n) is 5.93. The second-order valence-electron chi connectivity index (χ2n) is 13.7. The minimum atomic E-state index is -1.54. The quantitative estimate of drug-likeness (QED) is 0.0745. The summed E-state index contributed by atoms with van der Waals surface area (Å²) >= 11 is 0. The van der Waals surface area contributed by atoms with Crippen molar-refractivity contribution in [2.75, 3.05) is 6.54 Å². The van der Waals surface area contributed by atoms with Crippen molar-refractivity contribution in [3.8, 4) is 0 Å². The summed E-state index contributed by atoms with van der Waals surface area (Å²) in [6.07, 6.45) is -1.24. The highest BCUT2D eigenvalue weighted by Crippen LogP contribution is 2.20. The van der Waals surface area contributed by atoms with Crippen molar-refractivity contribution in [2.45, 2.75) is 97.6 Å². The van der Waals surface area contributed by atoms with E-state index >= 15 is 0 Å². The molecule has 1 aliphatic heterocycles. The van der Waals surface area contributed by atoms with Crippen molar-refractivity contribution in [2.24, 2.45) is 17.8 Å². The molecule has 1 saturated heterocycles. The number of benzene rings is 1. The van der Waals surface area contributed by atoms with E-state index in [0.717, 1.165) is 6.07 Å². The summed E-state index contributed by atoms with van der Waals surface area (Å²) < 4.78 is 0.666. The summed E-state index contributed by atoms with van der Waals surface area (Å²) in [6.45, 7) is 8.89. The van der Waals surface area contributed by atoms with Gasteiger partial charge in [0.05, 0.1) is 22.5 Å². The largest absolute Gasteiger partial charge is 0.391 e. The zero-order valence-electron chi connectivity index (χ0n) is 29.8. The van der Waals surface area contributed by atoms with Crippen LogP contribution in [0.2, 0.25) is 0 Å². The van der Waals surface area contributed by atoms with Crippen LogP contribution >= 0.6 is 0 Å². The number of H-pyrrole nitrogens is 1. The van der Waals surface area contributed by atoms with Gasteiger partial charge in [0, 0.05) is 25.5 Å². The summed E-state index contributed by atoms with van der Waals surface area (Å²) in [6, 6.07) is -1.80. The summed E-state index contributed by atoms with van der Waals surface area (Å²) in [7, 11) is 0. The number of nitrogens with zero attached hydrogens (tertiary/aromatic N) is 2. The highest BCUT2D eigenvalue weighted by atomic mass is 16.6. The number of Topliss-reactive ketones (excluding diaryl/α,β-unsaturated/α-hetero) is 1. The average molecular weight is 731 g/mol. The van der Waals surface area contributed by atoms with Crippen molar-refractivity contribution in [1.82, 2.24) is 36.4 Å². The van der Waals surface area contributed by atoms with E-state index in [4.69, 9.17) is 0 Å². The molecule has 5 amide bonds. The van der Waals surface area contributed by atoms with E-state index in [1.807, 2.05) is 0 Å². The monoisotopic (exact) mass is 730 g/mol. The molecule has 284 valence electrons. The number of carbonyl (C=O) groups is 6. The zero-order chi connectivity index (χ0) is 39.0. The molecule has 19 heteroatoms. The number of nitro groups is 1. The van der Waals surface area contributed by atoms with Gasteiger partial charge in [0.1, 0.15) is 30.1 Å². The number of hydrogen-bond acceptors (Lipinski definition) is 11. The molecular formula is C33H46N8O11. The SMILES string of the molecule is CC(=O)N[C@H](C(=O)N[C@H](C(=O)N[C@@H](CC(C)C)C(=O)N[C@@H](C[C@@H]1CCNC1=O)C(=O)Cn1[nH]c(=O)c2c([N+](=O)[O-])cccc2c1=O)[C@@H](C)O)C(C)C. The molecule has 0 aliphatic carbocycles. The number of ketones is 1. The Balaban J connectivity index is 1.90. The first kappa shape index (κ1) is 41.0. The number of rotatable bonds is 17. The summed E-state index contributed by atoms with van der Waals surface area (Å²) in [5.41, 5.74) is -2.51. The maximum absolute atomic E-state index is 13.8. The Bertz CT molecular complexity index is 1830. The number of nitrogens with one attached hydrogen (secondary N) is 6. The van der Waals surface area contributed by atoms with E-state index in [1.165, 1.54) is 26.0 Å². The molecule has 0 bridgehead atoms. The van der Waals surface area contributed by atoms with Gasteiger partial charge in [-0.25, -0.2) is 4.68 Å². The van der Waals surface area contributed by atoms with Crippen LogP contribution in [-0.4, -0.2) is 91.9 Å². The van der Waals surface area contributed by atoms with Crippen molar-refractivity contribution in [3.05, 3.63) is 49.0 Å². The lowest BCUT2D eigenvalue weighted by molar-refractivity contribution is -0.383. The number of aliphatic hydroxyl groups is 1. The van der Waals surface area contributed by atoms with Crippen LogP contribution in [0.4, 0.5) is 5.69 Å². The molecule has 7 N–H and O–H groups in total. The third-order valence-electron chi connectivity index (χ3n) is 8.59. The van der Waals surface area contributed by atoms with Gasteiger partial charge in [-0.3, -0.25) is 53.6 Å². The Morgan fingerprint density at radius 3 is 2.12 bits per heavy atom. The highest BCUT2D eigenvalue weighted by Gasteiger charge is 2.36. The fraction of sp³-hybridized carbons (Fsp3) is 0.576. The lowest BCUT2D eigenvalue weighted by Gasteiger charge is -2.29. The van der Waals surface area contributed by atoms with Crippen LogP contribution in [0.5, 0.6) is 0 Å². The van der Waals surface area contributed by atoms with Crippen molar-refractivity contribution in [3.63, 3.8) is 0 Å². The van der Waals surface area contributed by atoms with Crippen LogP contribution in [-0.2, 0) is 35.3 Å². The van der Waals surface area contributed by atoms with Crippen LogP contribution in [0.1, 0.15) is 60.8 Å². The summed E-state index contributed by atoms with van der Waals surface area (Å²) in [5.74, 6) is -5.43. The number of hydrogen-bond donors (Lipinski definition) is 7. The number of aromatic amines is 1. The highest BCUT2D eigenvalue weighted by molar-refractivity contribution is 5.96. The molecule has 3 rings (SSSR count). The van der Waals surface area contributed by atoms with Gasteiger partial charge in [-0.2, -0.15) is 0 Å². The Labute approximate surface area is 297 Å². The van der Waals surface area contributed by atoms with Gasteiger partial charge in [0.15, 0.2) is 5.78 Å². The van der Waals surface area contributed by atoms with Crippen LogP contribution in [0.25, 0.3) is 10.8 Å². The van der Waals surface area contributed by atoms with Gasteiger partial charge in [-0.15, -0.1) is 0 Å². The van der Waals surface area contributed by atoms with E-state index in [1.54, 1.807) is 27.7 Å². The molecule has 1 aromatic carbocycles. The molecular weight excluding hydrogens is 684 g/mol. The smallest absolute Gasteiger partial charge is 0.283 e. The van der Waals surface area contributed by atoms with Crippen LogP contribution in [0.3, 0.4) is 0 Å². The summed E-state index contributed by atoms with van der Waals surface area (Å²) in [5, 5.41) is 36.0. The van der Waals surface area contributed by atoms with Crippen LogP contribution in [0, 0.1) is 27.9 Å². The van der Waals surface area contributed by atoms with Crippen LogP contribution < -0.4 is 37.7 Å². The first-order chi connectivity index (χ1) is 24.3. The van der Waals surface area contributed by atoms with Gasteiger partial charge in [0.25, 0.3) is 16.8 Å². The second-order valence-corrected chi connectivity index (χ2v) is 13.7. The molecule has 1 aliphatic rings. The van der Waals surface area contributed by atoms with E-state index < -0.39 is 99.3 Å². The number of nitro benzene ring substituents is 1. The van der Waals surface area contributed by atoms with Crippen LogP contribution in [0.15, 0.2) is 27.8 Å². The average Bonchev–Trinajstić information content (AvgIpc) is 3.46. The van der Waals surface area contributed by atoms with Gasteiger partial charge in [0.2, 0.25) is 29.5 Å². The Kier molecular flexibility index (Phi) is 13.9. The number of aliphatic hydroxyl groups excluding tert-OH is 1. The maximum Gasteiger partial charge on any atom is 0.283 e. The second kappa shape index (κ2) is 17.7. The normalized spacial score (nSPS) is 17.1. The molecule has 0 unspecified atom stereocenters. The predicted octanol–water partition coefficient (Wildman–Crippen LogP) is -1.26. The number of amides is 5. The van der Waals surface area contributed by atoms with Gasteiger partial charge in [-0.05, 0) is 44.1 Å². The number of non-ortho nitro benzene ring substituents is 1. The number of carbonyl (C=O) groups excluding carboxylic acids is 6. The Morgan fingerprint density at radius 2 is 1.58 bits per heavy atom. The number of aromatic nitrogens is 2. The lowest BCUT2D eigenvalue weighted by Crippen LogP contribution is -2.61. The van der Waals surface area contributed by atoms with Gasteiger partial charge < -0.3 is 31.7 Å². The van der Waals surface area contributed by atoms with Crippen molar-refractivity contribution < 1.29 is 38.8 Å². The Hall–Kier alpha value is -5.46. The topological polar surface area (TPSA) is 281 Å². The van der Waals surface area contributed by atoms with Crippen molar-refractivity contribution in [1.29, 1.82) is 0 Å². The minimum Gasteiger partial charge on any atom is -0.391 e. The fourth-order valence-corrected chi connectivity index (χ4v) is 5.93. The molecule has 0 saturated carbocycles. The standard InChI is InChI=1S/C33H46N8O11/c1-15(2)12-22(37-32(49)27(17(5)42)38-31(48)26(16(3)4)35-18(6)43)29(46)36-21(13-19-10-11-34-28(19)45)24(44)14-40-33(50)20-8-7-9-23(41(51)52)25(20)30(47)39-40/h7-9,15-17,19,21-22,26-27,42H,10-14H2,1-6H3,(H,34,45)(H,35,43)(H,36,46)(H,37,49)(H,38,48)(H,39,47)/t17-,19+,21+,22+,26+,27+/m1/s1. The summed E-state index contributed by atoms with van der Waals surface area (Å²) in [4.78, 5) is 115. The first-order valence-corrected chi connectivity index (χ1v) is 16.9. The lowest BCUT2D eigenvalue weighted by atomic mass is 9.94. The molecule has 19 nitrogen and oxygen atoms in total. The molecule has 2 heterocycles. The molecule has 1 fully saturated rings. The molecule has 0 spiro atoms. The van der Waals surface area contributed by atoms with E-state index in [-0.39, 0.29) is 36.0 Å². The first-order valence-electron chi connectivity index (χ1n) is 16.9. The third-order valence-corrected chi connectivity index (χ3v) is 8.59. The molecule has 0 radical (unpaired) electrons. The zero-order valence-corrected chi connectivity index (χ0v) is 29.8. The Morgan fingerprint density at radius 1 is 0.942 bits per heavy atom. The third kappa shape index (κ3) is 10.3. The minimum absolute atomic E-state index is 0.0413. The molecule has 52 heavy (non-hydrogen) atoms. The maximum atomic E-state index is 13.8.